The van der Waals surface area contributed by atoms with Crippen LogP contribution >= 0.6 is 0 Å². The summed E-state index contributed by atoms with van der Waals surface area (Å²) in [5, 5.41) is 12.6. The molecule has 2 nitrogen and oxygen atoms in total. The van der Waals surface area contributed by atoms with Crippen molar-refractivity contribution in [2.45, 2.75) is 38.8 Å². The largest absolute Gasteiger partial charge is 0.508 e. The molecule has 2 aromatic rings. The third-order valence-electron chi connectivity index (χ3n) is 4.44. The van der Waals surface area contributed by atoms with E-state index in [9.17, 15) is 5.11 Å². The molecule has 2 aromatic carbocycles. The Bertz CT molecular complexity index is 603. The van der Waals surface area contributed by atoms with Crippen LogP contribution in [0.1, 0.15) is 32.3 Å². The second-order valence-electron chi connectivity index (χ2n) is 6.12. The summed E-state index contributed by atoms with van der Waals surface area (Å²) in [6.07, 6.45) is 2.48. The molecule has 0 radical (unpaired) electrons. The average Bonchev–Trinajstić information content (AvgIpc) is 2.72. The number of benzene rings is 2. The molecule has 1 aliphatic heterocycles. The van der Waals surface area contributed by atoms with Crippen molar-refractivity contribution in [2.75, 3.05) is 6.54 Å². The Balaban J connectivity index is 2.03. The minimum absolute atomic E-state index is 0.239. The van der Waals surface area contributed by atoms with E-state index in [2.05, 4.69) is 30.9 Å². The van der Waals surface area contributed by atoms with Gasteiger partial charge in [-0.1, -0.05) is 30.3 Å². The van der Waals surface area contributed by atoms with E-state index in [1.165, 1.54) is 23.6 Å². The summed E-state index contributed by atoms with van der Waals surface area (Å²) in [5.41, 5.74) is 1.30. The highest BCUT2D eigenvalue weighted by Crippen LogP contribution is 2.34. The second kappa shape index (κ2) is 4.53. The molecule has 2 heteroatoms. The van der Waals surface area contributed by atoms with E-state index in [-0.39, 0.29) is 5.54 Å². The van der Waals surface area contributed by atoms with Crippen LogP contribution in [0.15, 0.2) is 36.4 Å². The maximum absolute atomic E-state index is 10.2. The number of fused-ring (bicyclic) bond motifs is 1. The minimum atomic E-state index is 0.239. The van der Waals surface area contributed by atoms with Gasteiger partial charge in [-0.3, -0.25) is 4.90 Å². The summed E-state index contributed by atoms with van der Waals surface area (Å²) in [4.78, 5) is 2.48. The molecule has 1 aliphatic rings. The van der Waals surface area contributed by atoms with Crippen molar-refractivity contribution in [3.63, 3.8) is 0 Å². The lowest BCUT2D eigenvalue weighted by atomic mass is 9.99. The zero-order valence-corrected chi connectivity index (χ0v) is 11.7. The number of hydrogen-bond acceptors (Lipinski definition) is 2. The van der Waals surface area contributed by atoms with Crippen molar-refractivity contribution in [1.82, 2.24) is 4.90 Å². The molecule has 1 heterocycles. The predicted molar refractivity (Wildman–Crippen MR) is 79.3 cm³/mol. The van der Waals surface area contributed by atoms with Crippen LogP contribution in [-0.2, 0) is 6.54 Å². The number of nitrogens with zero attached hydrogens (tertiary/aromatic N) is 1. The van der Waals surface area contributed by atoms with Gasteiger partial charge in [-0.05, 0) is 50.1 Å². The van der Waals surface area contributed by atoms with Crippen LogP contribution in [0.2, 0.25) is 0 Å². The van der Waals surface area contributed by atoms with Gasteiger partial charge in [-0.2, -0.15) is 0 Å². The van der Waals surface area contributed by atoms with Crippen LogP contribution in [-0.4, -0.2) is 22.1 Å². The van der Waals surface area contributed by atoms with Crippen molar-refractivity contribution in [3.05, 3.63) is 42.0 Å². The van der Waals surface area contributed by atoms with Crippen LogP contribution in [0.5, 0.6) is 5.75 Å². The SMILES string of the molecule is CC1(C)CCCN1Cc1c(O)ccc2ccccc12. The van der Waals surface area contributed by atoms with E-state index in [0.717, 1.165) is 18.7 Å². The molecule has 0 spiro atoms. The molecule has 1 N–H and O–H groups in total. The molecule has 0 bridgehead atoms. The zero-order chi connectivity index (χ0) is 13.5. The van der Waals surface area contributed by atoms with Gasteiger partial charge in [0.2, 0.25) is 0 Å². The Labute approximate surface area is 114 Å². The molecule has 3 rings (SSSR count). The molecular weight excluding hydrogens is 234 g/mol. The van der Waals surface area contributed by atoms with E-state index < -0.39 is 0 Å². The summed E-state index contributed by atoms with van der Waals surface area (Å²) >= 11 is 0. The van der Waals surface area contributed by atoms with Gasteiger partial charge in [0, 0.05) is 17.6 Å². The molecule has 0 atom stereocenters. The van der Waals surface area contributed by atoms with Gasteiger partial charge in [0.05, 0.1) is 0 Å². The summed E-state index contributed by atoms with van der Waals surface area (Å²) in [6, 6.07) is 12.1. The fraction of sp³-hybridized carbons (Fsp3) is 0.412. The van der Waals surface area contributed by atoms with Crippen LogP contribution < -0.4 is 0 Å². The lowest BCUT2D eigenvalue weighted by Crippen LogP contribution is -2.37. The Kier molecular flexibility index (Phi) is 2.98. The molecule has 1 fully saturated rings. The average molecular weight is 255 g/mol. The van der Waals surface area contributed by atoms with E-state index >= 15 is 0 Å². The third kappa shape index (κ3) is 2.21. The maximum atomic E-state index is 10.2. The molecule has 19 heavy (non-hydrogen) atoms. The summed E-state index contributed by atoms with van der Waals surface area (Å²) in [6.45, 7) is 6.54. The third-order valence-corrected chi connectivity index (χ3v) is 4.44. The van der Waals surface area contributed by atoms with Gasteiger partial charge >= 0.3 is 0 Å². The van der Waals surface area contributed by atoms with Gasteiger partial charge in [-0.25, -0.2) is 0 Å². The van der Waals surface area contributed by atoms with Crippen LogP contribution in [0.3, 0.4) is 0 Å². The molecule has 1 saturated heterocycles. The number of hydrogen-bond donors (Lipinski definition) is 1. The first kappa shape index (κ1) is 12.5. The van der Waals surface area contributed by atoms with Crippen molar-refractivity contribution in [1.29, 1.82) is 0 Å². The first-order valence-electron chi connectivity index (χ1n) is 7.02. The van der Waals surface area contributed by atoms with Gasteiger partial charge in [-0.15, -0.1) is 0 Å². The Morgan fingerprint density at radius 3 is 2.68 bits per heavy atom. The first-order chi connectivity index (χ1) is 9.08. The van der Waals surface area contributed by atoms with Crippen molar-refractivity contribution in [2.24, 2.45) is 0 Å². The fourth-order valence-corrected chi connectivity index (χ4v) is 3.14. The molecule has 0 amide bonds. The quantitative estimate of drug-likeness (QED) is 0.879. The molecular formula is C17H21NO. The molecule has 0 unspecified atom stereocenters. The minimum Gasteiger partial charge on any atom is -0.508 e. The Hall–Kier alpha value is -1.54. The fourth-order valence-electron chi connectivity index (χ4n) is 3.14. The summed E-state index contributed by atoms with van der Waals surface area (Å²) < 4.78 is 0. The number of aromatic hydroxyl groups is 1. The molecule has 100 valence electrons. The summed E-state index contributed by atoms with van der Waals surface area (Å²) in [5.74, 6) is 0.418. The van der Waals surface area contributed by atoms with Crippen LogP contribution in [0.25, 0.3) is 10.8 Å². The Morgan fingerprint density at radius 2 is 1.95 bits per heavy atom. The smallest absolute Gasteiger partial charge is 0.120 e. The van der Waals surface area contributed by atoms with Gasteiger partial charge < -0.3 is 5.11 Å². The standard InChI is InChI=1S/C17H21NO/c1-17(2)10-5-11-18(17)12-15-14-7-4-3-6-13(14)8-9-16(15)19/h3-4,6-9,19H,5,10-12H2,1-2H3. The zero-order valence-electron chi connectivity index (χ0n) is 11.7. The number of phenols is 1. The number of phenolic OH excluding ortho intramolecular Hbond substituents is 1. The van der Waals surface area contributed by atoms with Crippen molar-refractivity contribution >= 4 is 10.8 Å². The highest BCUT2D eigenvalue weighted by molar-refractivity contribution is 5.87. The highest BCUT2D eigenvalue weighted by Gasteiger charge is 2.32. The van der Waals surface area contributed by atoms with E-state index in [0.29, 0.717) is 5.75 Å². The van der Waals surface area contributed by atoms with Crippen molar-refractivity contribution in [3.8, 4) is 5.75 Å². The Morgan fingerprint density at radius 1 is 1.16 bits per heavy atom. The number of rotatable bonds is 2. The van der Waals surface area contributed by atoms with Crippen molar-refractivity contribution < 1.29 is 5.11 Å². The molecule has 0 aliphatic carbocycles. The van der Waals surface area contributed by atoms with Gasteiger partial charge in [0.25, 0.3) is 0 Å². The van der Waals surface area contributed by atoms with E-state index in [4.69, 9.17) is 0 Å². The normalized spacial score (nSPS) is 19.1. The van der Waals surface area contributed by atoms with Gasteiger partial charge in [0.1, 0.15) is 5.75 Å². The lowest BCUT2D eigenvalue weighted by molar-refractivity contribution is 0.165. The maximum Gasteiger partial charge on any atom is 0.120 e. The second-order valence-corrected chi connectivity index (χ2v) is 6.12. The van der Waals surface area contributed by atoms with E-state index in [1.54, 1.807) is 0 Å². The lowest BCUT2D eigenvalue weighted by Gasteiger charge is -2.32. The molecule has 0 saturated carbocycles. The first-order valence-corrected chi connectivity index (χ1v) is 7.02. The monoisotopic (exact) mass is 255 g/mol. The van der Waals surface area contributed by atoms with Crippen LogP contribution in [0, 0.1) is 0 Å². The van der Waals surface area contributed by atoms with Crippen LogP contribution in [0.4, 0.5) is 0 Å². The highest BCUT2D eigenvalue weighted by atomic mass is 16.3. The number of likely N-dealkylation sites (tertiary alicyclic amines) is 1. The molecule has 0 aromatic heterocycles. The predicted octanol–water partition coefficient (Wildman–Crippen LogP) is 3.92. The van der Waals surface area contributed by atoms with Gasteiger partial charge in [0.15, 0.2) is 0 Å². The summed E-state index contributed by atoms with van der Waals surface area (Å²) in [7, 11) is 0. The topological polar surface area (TPSA) is 23.5 Å². The van der Waals surface area contributed by atoms with E-state index in [1.807, 2.05) is 24.3 Å².